The van der Waals surface area contributed by atoms with Crippen LogP contribution in [-0.2, 0) is 5.41 Å². The van der Waals surface area contributed by atoms with E-state index in [1.807, 2.05) is 11.3 Å². The second-order valence-electron chi connectivity index (χ2n) is 16.1. The molecule has 0 radical (unpaired) electrons. The zero-order chi connectivity index (χ0) is 38.5. The summed E-state index contributed by atoms with van der Waals surface area (Å²) in [7, 11) is 0. The van der Waals surface area contributed by atoms with Crippen molar-refractivity contribution in [1.82, 2.24) is 4.57 Å². The van der Waals surface area contributed by atoms with Crippen molar-refractivity contribution in [2.75, 3.05) is 4.90 Å². The van der Waals surface area contributed by atoms with Crippen LogP contribution in [0.1, 0.15) is 25.0 Å². The Bertz CT molecular complexity index is 3420. The van der Waals surface area contributed by atoms with E-state index in [1.54, 1.807) is 0 Å². The monoisotopic (exact) mass is 758 g/mol. The van der Waals surface area contributed by atoms with E-state index in [0.717, 1.165) is 17.1 Å². The van der Waals surface area contributed by atoms with Gasteiger partial charge >= 0.3 is 0 Å². The Labute approximate surface area is 341 Å². The molecule has 9 aromatic carbocycles. The molecule has 0 aliphatic heterocycles. The number of benzene rings is 9. The highest BCUT2D eigenvalue weighted by molar-refractivity contribution is 7.25. The number of hydrogen-bond acceptors (Lipinski definition) is 2. The van der Waals surface area contributed by atoms with Crippen LogP contribution in [-0.4, -0.2) is 4.57 Å². The van der Waals surface area contributed by atoms with Crippen molar-refractivity contribution in [2.24, 2.45) is 0 Å². The van der Waals surface area contributed by atoms with Gasteiger partial charge in [0.1, 0.15) is 0 Å². The molecular weight excluding hydrogens is 721 g/mol. The quantitative estimate of drug-likeness (QED) is 0.170. The Kier molecular flexibility index (Phi) is 7.18. The molecule has 0 bridgehead atoms. The summed E-state index contributed by atoms with van der Waals surface area (Å²) in [6.07, 6.45) is 0. The molecule has 0 fully saturated rings. The molecule has 0 saturated heterocycles. The predicted molar refractivity (Wildman–Crippen MR) is 249 cm³/mol. The largest absolute Gasteiger partial charge is 0.310 e. The maximum atomic E-state index is 2.47. The van der Waals surface area contributed by atoms with Gasteiger partial charge in [-0.3, -0.25) is 0 Å². The maximum absolute atomic E-state index is 2.47. The van der Waals surface area contributed by atoms with Crippen molar-refractivity contribution >= 4 is 81.1 Å². The number of hydrogen-bond donors (Lipinski definition) is 0. The predicted octanol–water partition coefficient (Wildman–Crippen LogP) is 15.7. The molecule has 0 unspecified atom stereocenters. The molecule has 3 heteroatoms. The number of para-hydroxylation sites is 1. The van der Waals surface area contributed by atoms with Gasteiger partial charge in [0.2, 0.25) is 0 Å². The van der Waals surface area contributed by atoms with Crippen molar-refractivity contribution in [3.63, 3.8) is 0 Å². The van der Waals surface area contributed by atoms with E-state index in [0.29, 0.717) is 0 Å². The number of aromatic nitrogens is 1. The summed E-state index contributed by atoms with van der Waals surface area (Å²) in [4.78, 5) is 2.44. The van der Waals surface area contributed by atoms with Crippen molar-refractivity contribution in [3.8, 4) is 27.9 Å². The van der Waals surface area contributed by atoms with Gasteiger partial charge in [-0.05, 0) is 99.4 Å². The van der Waals surface area contributed by atoms with Gasteiger partial charge in [0, 0.05) is 64.5 Å². The number of anilines is 3. The Morgan fingerprint density at radius 3 is 1.98 bits per heavy atom. The molecule has 0 saturated carbocycles. The maximum Gasteiger partial charge on any atom is 0.0619 e. The molecule has 1 aliphatic rings. The molecule has 11 aromatic rings. The van der Waals surface area contributed by atoms with E-state index in [2.05, 4.69) is 217 Å². The Hall–Kier alpha value is -6.94. The van der Waals surface area contributed by atoms with Crippen LogP contribution in [0, 0.1) is 0 Å². The second kappa shape index (κ2) is 12.5. The topological polar surface area (TPSA) is 8.17 Å². The third-order valence-corrected chi connectivity index (χ3v) is 13.7. The Morgan fingerprint density at radius 2 is 1.10 bits per heavy atom. The van der Waals surface area contributed by atoms with E-state index < -0.39 is 0 Å². The van der Waals surface area contributed by atoms with E-state index in [4.69, 9.17) is 0 Å². The van der Waals surface area contributed by atoms with Crippen molar-refractivity contribution in [2.45, 2.75) is 19.3 Å². The summed E-state index contributed by atoms with van der Waals surface area (Å²) in [5.41, 5.74) is 14.9. The van der Waals surface area contributed by atoms with Crippen LogP contribution in [0.5, 0.6) is 0 Å². The van der Waals surface area contributed by atoms with Crippen LogP contribution < -0.4 is 4.90 Å². The molecule has 274 valence electrons. The minimum Gasteiger partial charge on any atom is -0.310 e. The van der Waals surface area contributed by atoms with Gasteiger partial charge in [0.05, 0.1) is 11.0 Å². The highest BCUT2D eigenvalue weighted by Gasteiger charge is 2.35. The smallest absolute Gasteiger partial charge is 0.0619 e. The molecule has 0 amide bonds. The van der Waals surface area contributed by atoms with E-state index >= 15 is 0 Å². The van der Waals surface area contributed by atoms with E-state index in [-0.39, 0.29) is 5.41 Å². The Balaban J connectivity index is 1.02. The summed E-state index contributed by atoms with van der Waals surface area (Å²) in [5.74, 6) is 0. The number of fused-ring (bicyclic) bond motifs is 11. The average molecular weight is 759 g/mol. The fraction of sp³-hybridized carbons (Fsp3) is 0.0545. The van der Waals surface area contributed by atoms with Gasteiger partial charge < -0.3 is 9.47 Å². The number of thiophene rings is 1. The lowest BCUT2D eigenvalue weighted by molar-refractivity contribution is 0.660. The summed E-state index contributed by atoms with van der Waals surface area (Å²) in [6, 6.07) is 71.8. The van der Waals surface area contributed by atoms with Gasteiger partial charge in [-0.15, -0.1) is 11.3 Å². The molecule has 2 heterocycles. The summed E-state index contributed by atoms with van der Waals surface area (Å²) >= 11 is 1.88. The Morgan fingerprint density at radius 1 is 0.431 bits per heavy atom. The van der Waals surface area contributed by atoms with Crippen LogP contribution in [0.25, 0.3) is 80.7 Å². The van der Waals surface area contributed by atoms with E-state index in [1.165, 1.54) is 91.8 Å². The van der Waals surface area contributed by atoms with Crippen LogP contribution in [0.3, 0.4) is 0 Å². The first-order chi connectivity index (χ1) is 28.5. The highest BCUT2D eigenvalue weighted by atomic mass is 32.1. The van der Waals surface area contributed by atoms with Crippen molar-refractivity contribution in [3.05, 3.63) is 205 Å². The van der Waals surface area contributed by atoms with Gasteiger partial charge in [-0.25, -0.2) is 0 Å². The van der Waals surface area contributed by atoms with Gasteiger partial charge in [0.15, 0.2) is 0 Å². The zero-order valence-electron chi connectivity index (χ0n) is 32.3. The lowest BCUT2D eigenvalue weighted by Crippen LogP contribution is -2.16. The summed E-state index contributed by atoms with van der Waals surface area (Å²) < 4.78 is 5.04. The molecule has 0 spiro atoms. The fourth-order valence-electron chi connectivity index (χ4n) is 9.74. The average Bonchev–Trinajstić information content (AvgIpc) is 3.89. The first-order valence-electron chi connectivity index (χ1n) is 20.1. The third-order valence-electron chi connectivity index (χ3n) is 12.6. The van der Waals surface area contributed by atoms with E-state index in [9.17, 15) is 0 Å². The van der Waals surface area contributed by atoms with Gasteiger partial charge in [0.25, 0.3) is 0 Å². The van der Waals surface area contributed by atoms with Crippen LogP contribution in [0.2, 0.25) is 0 Å². The number of nitrogens with zero attached hydrogens (tertiary/aromatic N) is 2. The molecule has 0 N–H and O–H groups in total. The minimum absolute atomic E-state index is 0.0986. The second-order valence-corrected chi connectivity index (χ2v) is 17.2. The number of rotatable bonds is 5. The lowest BCUT2D eigenvalue weighted by Gasteiger charge is -2.28. The SMILES string of the molecule is CC1(C)c2ccccc2-c2ccc(N(c3ccc(-c4ccccc4)cc3)c3ccc4sc5cc(-n6c7ccccc7c7ccc8ccccc8c76)ccc5c4c3)cc21. The fourth-order valence-corrected chi connectivity index (χ4v) is 10.9. The van der Waals surface area contributed by atoms with Crippen LogP contribution >= 0.6 is 11.3 Å². The standard InChI is InChI=1S/C55H38N2S/c1-55(2)49-18-10-8-16-43(49)44-29-25-40(33-50(44)55)56(38-23-20-36(21-24-38)35-12-4-3-5-13-35)39-27-31-52-48(32-39)46-30-26-41(34-53(46)58-52)57-51-19-11-9-17-45(51)47-28-22-37-14-6-7-15-42(37)54(47)57/h3-34H,1-2H3. The van der Waals surface area contributed by atoms with Crippen LogP contribution in [0.15, 0.2) is 194 Å². The first kappa shape index (κ1) is 33.2. The molecule has 58 heavy (non-hydrogen) atoms. The van der Waals surface area contributed by atoms with Crippen LogP contribution in [0.4, 0.5) is 17.1 Å². The first-order valence-corrected chi connectivity index (χ1v) is 20.9. The molecule has 0 atom stereocenters. The summed E-state index contributed by atoms with van der Waals surface area (Å²) in [5, 5.41) is 7.64. The normalized spacial score (nSPS) is 13.1. The highest BCUT2D eigenvalue weighted by Crippen LogP contribution is 2.51. The van der Waals surface area contributed by atoms with Crippen molar-refractivity contribution in [1.29, 1.82) is 0 Å². The summed E-state index contributed by atoms with van der Waals surface area (Å²) in [6.45, 7) is 4.72. The van der Waals surface area contributed by atoms with Gasteiger partial charge in [-0.1, -0.05) is 147 Å². The molecule has 2 nitrogen and oxygen atoms in total. The molecule has 1 aliphatic carbocycles. The minimum atomic E-state index is -0.0986. The molecular formula is C55H38N2S. The zero-order valence-corrected chi connectivity index (χ0v) is 33.1. The molecule has 12 rings (SSSR count). The lowest BCUT2D eigenvalue weighted by atomic mass is 9.82. The van der Waals surface area contributed by atoms with Gasteiger partial charge in [-0.2, -0.15) is 0 Å². The third kappa shape index (κ3) is 4.90. The molecule has 2 aromatic heterocycles. The van der Waals surface area contributed by atoms with Crippen molar-refractivity contribution < 1.29 is 0 Å².